The van der Waals surface area contributed by atoms with Crippen LogP contribution in [0, 0.1) is 6.92 Å². The maximum Gasteiger partial charge on any atom is 0.119 e. The van der Waals surface area contributed by atoms with Gasteiger partial charge in [-0.1, -0.05) is 29.8 Å². The van der Waals surface area contributed by atoms with Crippen LogP contribution in [0.2, 0.25) is 0 Å². The first-order valence-electron chi connectivity index (χ1n) is 6.14. The fourth-order valence-electron chi connectivity index (χ4n) is 1.68. The number of aliphatic imine (C=N–C) groups is 1. The van der Waals surface area contributed by atoms with Gasteiger partial charge in [0.05, 0.1) is 11.3 Å². The molecule has 1 aliphatic rings. The summed E-state index contributed by atoms with van der Waals surface area (Å²) in [5, 5.41) is 0. The van der Waals surface area contributed by atoms with E-state index in [-0.39, 0.29) is 5.60 Å². The molecule has 0 saturated carbocycles. The lowest BCUT2D eigenvalue weighted by atomic mass is 10.1. The third-order valence-corrected chi connectivity index (χ3v) is 2.84. The summed E-state index contributed by atoms with van der Waals surface area (Å²) in [6.07, 6.45) is 3.88. The Labute approximate surface area is 109 Å². The van der Waals surface area contributed by atoms with E-state index in [1.165, 1.54) is 5.56 Å². The minimum absolute atomic E-state index is 0.335. The van der Waals surface area contributed by atoms with Crippen LogP contribution in [0.4, 0.5) is 0 Å². The van der Waals surface area contributed by atoms with Crippen molar-refractivity contribution >= 4 is 11.9 Å². The number of hydrogen-bond acceptors (Lipinski definition) is 3. The molecule has 0 aliphatic carbocycles. The molecular formula is C15H20N2O. The summed E-state index contributed by atoms with van der Waals surface area (Å²) >= 11 is 0. The molecule has 18 heavy (non-hydrogen) atoms. The third kappa shape index (κ3) is 3.20. The Morgan fingerprint density at radius 2 is 1.89 bits per heavy atom. The van der Waals surface area contributed by atoms with Gasteiger partial charge in [0, 0.05) is 25.0 Å². The van der Waals surface area contributed by atoms with Gasteiger partial charge < -0.3 is 9.64 Å². The van der Waals surface area contributed by atoms with Crippen LogP contribution in [-0.2, 0) is 4.74 Å². The number of ether oxygens (including phenoxy) is 1. The second-order valence-corrected chi connectivity index (χ2v) is 5.27. The summed E-state index contributed by atoms with van der Waals surface area (Å²) in [5.41, 5.74) is 3.01. The van der Waals surface area contributed by atoms with Gasteiger partial charge in [0.1, 0.15) is 6.73 Å². The number of nitrogens with zero attached hydrogens (tertiary/aromatic N) is 2. The Bertz CT molecular complexity index is 472. The van der Waals surface area contributed by atoms with E-state index in [2.05, 4.69) is 36.2 Å². The molecule has 3 nitrogen and oxygen atoms in total. The Kier molecular flexibility index (Phi) is 3.53. The van der Waals surface area contributed by atoms with Crippen molar-refractivity contribution in [1.29, 1.82) is 0 Å². The zero-order chi connectivity index (χ0) is 13.2. The monoisotopic (exact) mass is 244 g/mol. The van der Waals surface area contributed by atoms with E-state index in [9.17, 15) is 0 Å². The van der Waals surface area contributed by atoms with Gasteiger partial charge in [-0.25, -0.2) is 0 Å². The van der Waals surface area contributed by atoms with E-state index in [1.807, 2.05) is 38.2 Å². The molecule has 0 radical (unpaired) electrons. The average Bonchev–Trinajstić information content (AvgIpc) is 2.32. The highest BCUT2D eigenvalue weighted by molar-refractivity contribution is 5.78. The summed E-state index contributed by atoms with van der Waals surface area (Å²) in [5.74, 6) is 0. The van der Waals surface area contributed by atoms with Crippen molar-refractivity contribution in [2.24, 2.45) is 4.99 Å². The van der Waals surface area contributed by atoms with E-state index in [1.54, 1.807) is 0 Å². The minimum atomic E-state index is -0.335. The normalized spacial score (nSPS) is 22.0. The number of aryl methyl sites for hydroxylation is 1. The molecule has 3 heteroatoms. The summed E-state index contributed by atoms with van der Waals surface area (Å²) < 4.78 is 5.72. The topological polar surface area (TPSA) is 24.8 Å². The van der Waals surface area contributed by atoms with Gasteiger partial charge in [0.25, 0.3) is 0 Å². The Morgan fingerprint density at radius 3 is 2.56 bits per heavy atom. The van der Waals surface area contributed by atoms with E-state index in [0.29, 0.717) is 6.73 Å². The quantitative estimate of drug-likeness (QED) is 0.758. The second-order valence-electron chi connectivity index (χ2n) is 5.27. The van der Waals surface area contributed by atoms with E-state index in [0.717, 1.165) is 11.3 Å². The highest BCUT2D eigenvalue weighted by atomic mass is 16.5. The number of hydrogen-bond donors (Lipinski definition) is 0. The molecule has 1 aromatic rings. The molecule has 2 rings (SSSR count). The molecular weight excluding hydrogens is 224 g/mol. The van der Waals surface area contributed by atoms with E-state index in [4.69, 9.17) is 4.74 Å². The van der Waals surface area contributed by atoms with Crippen LogP contribution >= 0.6 is 0 Å². The van der Waals surface area contributed by atoms with Crippen molar-refractivity contribution in [3.8, 4) is 0 Å². The average molecular weight is 244 g/mol. The van der Waals surface area contributed by atoms with Crippen LogP contribution < -0.4 is 0 Å². The van der Waals surface area contributed by atoms with Gasteiger partial charge in [-0.3, -0.25) is 4.99 Å². The van der Waals surface area contributed by atoms with Crippen LogP contribution in [0.5, 0.6) is 0 Å². The fourth-order valence-corrected chi connectivity index (χ4v) is 1.68. The first kappa shape index (κ1) is 12.8. The fraction of sp³-hybridized carbons (Fsp3) is 0.400. The Balaban J connectivity index is 2.35. The Morgan fingerprint density at radius 1 is 1.22 bits per heavy atom. The maximum atomic E-state index is 5.72. The van der Waals surface area contributed by atoms with Crippen LogP contribution in [0.1, 0.15) is 25.0 Å². The molecule has 0 N–H and O–H groups in total. The first-order chi connectivity index (χ1) is 8.46. The molecule has 0 spiro atoms. The summed E-state index contributed by atoms with van der Waals surface area (Å²) in [4.78, 5) is 6.56. The molecule has 0 unspecified atom stereocenters. The number of benzene rings is 1. The highest BCUT2D eigenvalue weighted by Gasteiger charge is 2.18. The molecule has 0 amide bonds. The lowest BCUT2D eigenvalue weighted by molar-refractivity contribution is -0.0103. The second kappa shape index (κ2) is 4.94. The summed E-state index contributed by atoms with van der Waals surface area (Å²) in [6, 6.07) is 8.40. The van der Waals surface area contributed by atoms with Crippen molar-refractivity contribution < 1.29 is 4.74 Å². The standard InChI is InChI=1S/C15H20N2O/c1-12-5-7-13(8-6-12)14-9-17(4)11-18-15(2,3)10-16-14/h5-10H,11H2,1-4H3/b14-9-,16-10?. The molecule has 1 aliphatic heterocycles. The highest BCUT2D eigenvalue weighted by Crippen LogP contribution is 2.20. The Hall–Kier alpha value is -1.61. The van der Waals surface area contributed by atoms with Gasteiger partial charge in [-0.05, 0) is 20.8 Å². The predicted molar refractivity (Wildman–Crippen MR) is 75.4 cm³/mol. The van der Waals surface area contributed by atoms with E-state index < -0.39 is 0 Å². The van der Waals surface area contributed by atoms with Crippen molar-refractivity contribution in [3.05, 3.63) is 41.6 Å². The van der Waals surface area contributed by atoms with Gasteiger partial charge in [0.15, 0.2) is 0 Å². The van der Waals surface area contributed by atoms with Gasteiger partial charge in [-0.15, -0.1) is 0 Å². The molecule has 0 bridgehead atoms. The molecule has 1 aromatic carbocycles. The molecule has 0 fully saturated rings. The van der Waals surface area contributed by atoms with Gasteiger partial charge in [-0.2, -0.15) is 0 Å². The molecule has 0 aromatic heterocycles. The van der Waals surface area contributed by atoms with Crippen LogP contribution in [0.25, 0.3) is 5.70 Å². The third-order valence-electron chi connectivity index (χ3n) is 2.84. The van der Waals surface area contributed by atoms with E-state index >= 15 is 0 Å². The van der Waals surface area contributed by atoms with Crippen molar-refractivity contribution in [2.75, 3.05) is 13.8 Å². The summed E-state index contributed by atoms with van der Waals surface area (Å²) in [6.45, 7) is 6.68. The summed E-state index contributed by atoms with van der Waals surface area (Å²) in [7, 11) is 1.99. The zero-order valence-electron chi connectivity index (χ0n) is 11.5. The van der Waals surface area contributed by atoms with Crippen LogP contribution in [0.3, 0.4) is 0 Å². The lowest BCUT2D eigenvalue weighted by Crippen LogP contribution is -2.32. The predicted octanol–water partition coefficient (Wildman–Crippen LogP) is 3.06. The van der Waals surface area contributed by atoms with Crippen molar-refractivity contribution in [3.63, 3.8) is 0 Å². The first-order valence-corrected chi connectivity index (χ1v) is 6.14. The smallest absolute Gasteiger partial charge is 0.119 e. The lowest BCUT2D eigenvalue weighted by Gasteiger charge is -2.27. The van der Waals surface area contributed by atoms with Crippen molar-refractivity contribution in [1.82, 2.24) is 4.90 Å². The largest absolute Gasteiger partial charge is 0.356 e. The zero-order valence-corrected chi connectivity index (χ0v) is 11.5. The molecule has 0 saturated heterocycles. The minimum Gasteiger partial charge on any atom is -0.356 e. The van der Waals surface area contributed by atoms with Crippen LogP contribution in [0.15, 0.2) is 35.5 Å². The maximum absolute atomic E-state index is 5.72. The van der Waals surface area contributed by atoms with Gasteiger partial charge >= 0.3 is 0 Å². The molecule has 0 atom stereocenters. The van der Waals surface area contributed by atoms with Gasteiger partial charge in [0.2, 0.25) is 0 Å². The SMILES string of the molecule is Cc1ccc(/C2=C/N(C)COC(C)(C)C=N2)cc1. The van der Waals surface area contributed by atoms with Crippen LogP contribution in [-0.4, -0.2) is 30.5 Å². The van der Waals surface area contributed by atoms with Crippen molar-refractivity contribution in [2.45, 2.75) is 26.4 Å². The number of rotatable bonds is 1. The molecule has 96 valence electrons. The molecule has 1 heterocycles.